The first kappa shape index (κ1) is 22.5. The summed E-state index contributed by atoms with van der Waals surface area (Å²) in [5.41, 5.74) is 5.16. The Morgan fingerprint density at radius 1 is 1.17 bits per heavy atom. The van der Waals surface area contributed by atoms with Gasteiger partial charge >= 0.3 is 0 Å². The number of fused-ring (bicyclic) bond motifs is 1. The molecule has 4 rings (SSSR count). The Kier molecular flexibility index (Phi) is 8.73. The number of aryl methyl sites for hydroxylation is 1. The van der Waals surface area contributed by atoms with E-state index in [4.69, 9.17) is 0 Å². The van der Waals surface area contributed by atoms with E-state index >= 15 is 0 Å². The summed E-state index contributed by atoms with van der Waals surface area (Å²) >= 11 is 0. The van der Waals surface area contributed by atoms with Crippen molar-refractivity contribution in [2.24, 2.45) is 10.2 Å². The van der Waals surface area contributed by atoms with Crippen molar-refractivity contribution in [2.45, 2.75) is 46.1 Å². The number of nitrogens with zero attached hydrogens (tertiary/aromatic N) is 5. The van der Waals surface area contributed by atoms with Crippen LogP contribution in [0.5, 0.6) is 0 Å². The van der Waals surface area contributed by atoms with Crippen LogP contribution in [0.1, 0.15) is 41.5 Å². The lowest BCUT2D eigenvalue weighted by Gasteiger charge is -2.23. The Morgan fingerprint density at radius 3 is 2.45 bits per heavy atom. The largest absolute Gasteiger partial charge is 0.356 e. The fourth-order valence-corrected chi connectivity index (χ4v) is 3.00. The van der Waals surface area contributed by atoms with Crippen LogP contribution in [-0.4, -0.2) is 41.8 Å². The highest BCUT2D eigenvalue weighted by Gasteiger charge is 2.13. The second-order valence-corrected chi connectivity index (χ2v) is 6.61. The van der Waals surface area contributed by atoms with E-state index in [-0.39, 0.29) is 2.85 Å². The summed E-state index contributed by atoms with van der Waals surface area (Å²) in [5, 5.41) is 18.4. The highest BCUT2D eigenvalue weighted by molar-refractivity contribution is 5.81. The van der Waals surface area contributed by atoms with Crippen LogP contribution >= 0.6 is 0 Å². The lowest BCUT2D eigenvalue weighted by Crippen LogP contribution is -2.31. The molecule has 7 nitrogen and oxygen atoms in total. The predicted octanol–water partition coefficient (Wildman–Crippen LogP) is 5.74. The van der Waals surface area contributed by atoms with Crippen LogP contribution in [0.2, 0.25) is 0 Å². The number of hydrogen-bond acceptors (Lipinski definition) is 6. The summed E-state index contributed by atoms with van der Waals surface area (Å²) in [6.45, 7) is 6.03. The number of anilines is 1. The van der Waals surface area contributed by atoms with Crippen LogP contribution in [0.3, 0.4) is 0 Å². The molecule has 0 atom stereocenters. The van der Waals surface area contributed by atoms with Gasteiger partial charge in [-0.2, -0.15) is 10.2 Å². The van der Waals surface area contributed by atoms with Gasteiger partial charge in [0.1, 0.15) is 0 Å². The molecule has 0 amide bonds. The minimum absolute atomic E-state index is 0. The van der Waals surface area contributed by atoms with Gasteiger partial charge in [0.2, 0.25) is 5.95 Å². The second-order valence-electron chi connectivity index (χ2n) is 6.61. The van der Waals surface area contributed by atoms with Gasteiger partial charge in [0.25, 0.3) is 0 Å². The molecule has 2 heterocycles. The fraction of sp³-hybridized carbons (Fsp3) is 0.455. The first-order chi connectivity index (χ1) is 14.2. The van der Waals surface area contributed by atoms with Crippen LogP contribution in [0, 0.1) is 6.92 Å². The van der Waals surface area contributed by atoms with Crippen LogP contribution in [-0.2, 0) is 0 Å². The van der Waals surface area contributed by atoms with Crippen molar-refractivity contribution >= 4 is 17.2 Å². The van der Waals surface area contributed by atoms with Gasteiger partial charge in [0, 0.05) is 34.8 Å². The first-order valence-corrected chi connectivity index (χ1v) is 10.3. The molecule has 0 unspecified atom stereocenters. The number of aromatic nitrogens is 3. The Labute approximate surface area is 176 Å². The zero-order valence-corrected chi connectivity index (χ0v) is 18.4. The maximum absolute atomic E-state index is 4.37. The van der Waals surface area contributed by atoms with Crippen LogP contribution in [0.15, 0.2) is 46.9 Å². The third kappa shape index (κ3) is 5.60. The van der Waals surface area contributed by atoms with E-state index in [0.29, 0.717) is 5.95 Å². The normalized spacial score (nSPS) is 13.3. The number of hydrogen-bond donors (Lipinski definition) is 2. The Bertz CT molecular complexity index is 934. The van der Waals surface area contributed by atoms with Gasteiger partial charge in [-0.25, -0.2) is 9.50 Å². The highest BCUT2D eigenvalue weighted by Crippen LogP contribution is 2.29. The van der Waals surface area contributed by atoms with E-state index in [1.165, 1.54) is 19.3 Å². The monoisotopic (exact) mass is 399 g/mol. The lowest BCUT2D eigenvalue weighted by atomic mass is 9.94. The smallest absolute Gasteiger partial charge is 0.240 e. The third-order valence-electron chi connectivity index (χ3n) is 4.87. The third-order valence-corrected chi connectivity index (χ3v) is 4.87. The number of rotatable bonds is 4. The molecular formula is C22H37N7. The van der Waals surface area contributed by atoms with Crippen molar-refractivity contribution in [3.05, 3.63) is 42.2 Å². The highest BCUT2D eigenvalue weighted by atomic mass is 15.3. The molecule has 1 aliphatic carbocycles. The summed E-state index contributed by atoms with van der Waals surface area (Å²) in [7, 11) is 5.51. The van der Waals surface area contributed by atoms with Crippen LogP contribution in [0.4, 0.5) is 11.6 Å². The van der Waals surface area contributed by atoms with E-state index in [9.17, 15) is 0 Å². The Hall–Kier alpha value is -2.80. The van der Waals surface area contributed by atoms with Crippen molar-refractivity contribution in [1.29, 1.82) is 0 Å². The van der Waals surface area contributed by atoms with Crippen molar-refractivity contribution in [3.63, 3.8) is 0 Å². The van der Waals surface area contributed by atoms with Gasteiger partial charge in [0.15, 0.2) is 0 Å². The molecule has 29 heavy (non-hydrogen) atoms. The van der Waals surface area contributed by atoms with Gasteiger partial charge < -0.3 is 10.6 Å². The molecule has 0 spiro atoms. The van der Waals surface area contributed by atoms with Gasteiger partial charge in [-0.3, -0.25) is 0 Å². The predicted molar refractivity (Wildman–Crippen MR) is 125 cm³/mol. The maximum Gasteiger partial charge on any atom is 0.240 e. The van der Waals surface area contributed by atoms with E-state index in [1.54, 1.807) is 14.1 Å². The molecule has 2 N–H and O–H groups in total. The molecule has 2 aromatic heterocycles. The van der Waals surface area contributed by atoms with Crippen molar-refractivity contribution in [2.75, 3.05) is 26.5 Å². The van der Waals surface area contributed by atoms with Crippen LogP contribution < -0.4 is 10.6 Å². The van der Waals surface area contributed by atoms with E-state index in [2.05, 4.69) is 37.0 Å². The van der Waals surface area contributed by atoms with Crippen molar-refractivity contribution in [1.82, 2.24) is 19.9 Å². The topological polar surface area (TPSA) is 79.0 Å². The minimum Gasteiger partial charge on any atom is -0.356 e. The number of azo groups is 1. The molecule has 1 saturated carbocycles. The first-order valence-electron chi connectivity index (χ1n) is 10.3. The van der Waals surface area contributed by atoms with Crippen molar-refractivity contribution < 1.29 is 2.85 Å². The lowest BCUT2D eigenvalue weighted by molar-refractivity contribution is 0.361. The summed E-state index contributed by atoms with van der Waals surface area (Å²) in [5.74, 6) is 0.597. The van der Waals surface area contributed by atoms with E-state index < -0.39 is 0 Å². The molecule has 0 saturated heterocycles. The van der Waals surface area contributed by atoms with Crippen molar-refractivity contribution in [3.8, 4) is 11.1 Å². The SMILES string of the molecule is CC.CN=Nc1ccc(-c2ccn3nc(NC)ncc23)cc1C.CNC1CCC1.[HH].[HH]. The standard InChI is InChI=1S/C15H16N6.C5H11N.C2H6.2H2/c1-10-8-11(4-5-13(10)19-17-3)12-6-7-21-14(12)9-18-15(16-2)20-21;1-6-5-3-2-4-5;1-2;;/h4-9H,1-3H3,(H,16,20);5-6H,2-4H2,1H3;1-2H3;2*1H. The Morgan fingerprint density at radius 2 is 1.93 bits per heavy atom. The number of nitrogens with one attached hydrogen (secondary N) is 2. The molecule has 1 aliphatic rings. The molecular weight excluding hydrogens is 362 g/mol. The average molecular weight is 400 g/mol. The minimum atomic E-state index is 0. The molecule has 1 fully saturated rings. The molecule has 7 heteroatoms. The maximum atomic E-state index is 4.37. The second kappa shape index (κ2) is 11.3. The summed E-state index contributed by atoms with van der Waals surface area (Å²) in [6, 6.07) is 9.03. The quantitative estimate of drug-likeness (QED) is 0.549. The molecule has 1 aromatic carbocycles. The van der Waals surface area contributed by atoms with Gasteiger partial charge in [-0.1, -0.05) is 26.3 Å². The number of benzene rings is 1. The Balaban J connectivity index is 0.000000772. The van der Waals surface area contributed by atoms with Gasteiger partial charge in [-0.05, 0) is 56.1 Å². The summed E-state index contributed by atoms with van der Waals surface area (Å²) < 4.78 is 1.82. The zero-order valence-electron chi connectivity index (χ0n) is 18.4. The summed E-state index contributed by atoms with van der Waals surface area (Å²) in [4.78, 5) is 4.28. The van der Waals surface area contributed by atoms with E-state index in [0.717, 1.165) is 33.9 Å². The van der Waals surface area contributed by atoms with Crippen LogP contribution in [0.25, 0.3) is 16.6 Å². The van der Waals surface area contributed by atoms with Gasteiger partial charge in [-0.15, -0.1) is 5.10 Å². The van der Waals surface area contributed by atoms with E-state index in [1.807, 2.05) is 62.9 Å². The molecule has 160 valence electrons. The summed E-state index contributed by atoms with van der Waals surface area (Å²) in [6.07, 6.45) is 7.99. The molecule has 0 bridgehead atoms. The molecule has 0 radical (unpaired) electrons. The molecule has 0 aliphatic heterocycles. The fourth-order valence-electron chi connectivity index (χ4n) is 3.00. The molecule has 3 aromatic rings. The zero-order chi connectivity index (χ0) is 21.2. The average Bonchev–Trinajstić information content (AvgIpc) is 3.14. The van der Waals surface area contributed by atoms with Gasteiger partial charge in [0.05, 0.1) is 17.4 Å².